The first-order chi connectivity index (χ1) is 6.18. The van der Waals surface area contributed by atoms with Gasteiger partial charge < -0.3 is 15.2 Å². The Labute approximate surface area is 76.5 Å². The summed E-state index contributed by atoms with van der Waals surface area (Å²) in [4.78, 5) is 11.2. The van der Waals surface area contributed by atoms with Crippen LogP contribution in [0.1, 0.15) is 13.8 Å². The highest BCUT2D eigenvalue weighted by Gasteiger charge is 2.03. The second-order valence-electron chi connectivity index (χ2n) is 3.00. The van der Waals surface area contributed by atoms with Gasteiger partial charge in [-0.1, -0.05) is 19.0 Å². The smallest absolute Gasteiger partial charge is 0.238 e. The fourth-order valence-electron chi connectivity index (χ4n) is 0.769. The van der Waals surface area contributed by atoms with Gasteiger partial charge in [-0.15, -0.1) is 0 Å². The van der Waals surface area contributed by atoms with Gasteiger partial charge in [-0.05, 0) is 0 Å². The summed E-state index contributed by atoms with van der Waals surface area (Å²) in [6.07, 6.45) is 2.83. The molecule has 1 amide bonds. The van der Waals surface area contributed by atoms with Gasteiger partial charge in [0, 0.05) is 6.04 Å². The summed E-state index contributed by atoms with van der Waals surface area (Å²) >= 11 is 0. The van der Waals surface area contributed by atoms with Crippen LogP contribution in [0, 0.1) is 0 Å². The first kappa shape index (κ1) is 9.73. The summed E-state index contributed by atoms with van der Waals surface area (Å²) < 4.78 is 4.56. The largest absolute Gasteiger partial charge is 0.363 e. The molecule has 1 heterocycles. The number of rotatable bonds is 4. The van der Waals surface area contributed by atoms with E-state index in [2.05, 4.69) is 20.3 Å². The standard InChI is InChI=1S/C8H13N3O2/c1-6(2)9-4-8(12)11-7-3-10-13-5-7/h3,5-6,9H,4H2,1-2H3,(H,11,12). The molecule has 5 nitrogen and oxygen atoms in total. The van der Waals surface area contributed by atoms with Crippen LogP contribution in [-0.2, 0) is 4.79 Å². The van der Waals surface area contributed by atoms with Crippen molar-refractivity contribution in [3.63, 3.8) is 0 Å². The number of nitrogens with zero attached hydrogens (tertiary/aromatic N) is 1. The minimum absolute atomic E-state index is 0.100. The van der Waals surface area contributed by atoms with Gasteiger partial charge in [-0.2, -0.15) is 0 Å². The van der Waals surface area contributed by atoms with Gasteiger partial charge >= 0.3 is 0 Å². The number of carbonyl (C=O) groups excluding carboxylic acids is 1. The lowest BCUT2D eigenvalue weighted by atomic mass is 10.4. The Balaban J connectivity index is 2.26. The molecular weight excluding hydrogens is 170 g/mol. The average molecular weight is 183 g/mol. The molecule has 0 fully saturated rings. The highest BCUT2D eigenvalue weighted by Crippen LogP contribution is 2.02. The first-order valence-corrected chi connectivity index (χ1v) is 4.11. The van der Waals surface area contributed by atoms with E-state index in [-0.39, 0.29) is 5.91 Å². The summed E-state index contributed by atoms with van der Waals surface area (Å²) in [6.45, 7) is 4.25. The lowest BCUT2D eigenvalue weighted by molar-refractivity contribution is -0.115. The number of carbonyl (C=O) groups is 1. The molecule has 0 saturated heterocycles. The zero-order chi connectivity index (χ0) is 9.68. The summed E-state index contributed by atoms with van der Waals surface area (Å²) in [7, 11) is 0. The van der Waals surface area contributed by atoms with Gasteiger partial charge in [0.1, 0.15) is 12.0 Å². The van der Waals surface area contributed by atoms with Gasteiger partial charge in [0.2, 0.25) is 5.91 Å². The average Bonchev–Trinajstić information content (AvgIpc) is 2.53. The molecule has 5 heteroatoms. The molecule has 0 aliphatic heterocycles. The predicted molar refractivity (Wildman–Crippen MR) is 48.3 cm³/mol. The SMILES string of the molecule is CC(C)NCC(=O)Nc1cnoc1. The molecule has 0 aromatic carbocycles. The number of hydrogen-bond acceptors (Lipinski definition) is 4. The highest BCUT2D eigenvalue weighted by molar-refractivity contribution is 5.91. The number of hydrogen-bond donors (Lipinski definition) is 2. The van der Waals surface area contributed by atoms with E-state index in [1.807, 2.05) is 13.8 Å². The van der Waals surface area contributed by atoms with Crippen molar-refractivity contribution in [2.75, 3.05) is 11.9 Å². The van der Waals surface area contributed by atoms with Gasteiger partial charge in [0.15, 0.2) is 0 Å². The van der Waals surface area contributed by atoms with E-state index in [0.717, 1.165) is 0 Å². The van der Waals surface area contributed by atoms with Crippen molar-refractivity contribution in [2.24, 2.45) is 0 Å². The third kappa shape index (κ3) is 3.71. The highest BCUT2D eigenvalue weighted by atomic mass is 16.5. The molecule has 0 radical (unpaired) electrons. The fourth-order valence-corrected chi connectivity index (χ4v) is 0.769. The van der Waals surface area contributed by atoms with Crippen molar-refractivity contribution in [1.82, 2.24) is 10.5 Å². The minimum atomic E-state index is -0.100. The summed E-state index contributed by atoms with van der Waals surface area (Å²) in [6, 6.07) is 0.299. The molecule has 2 N–H and O–H groups in total. The van der Waals surface area contributed by atoms with Gasteiger partial charge in [-0.25, -0.2) is 0 Å². The van der Waals surface area contributed by atoms with Crippen LogP contribution in [0.15, 0.2) is 17.0 Å². The van der Waals surface area contributed by atoms with Crippen molar-refractivity contribution < 1.29 is 9.32 Å². The van der Waals surface area contributed by atoms with Crippen LogP contribution >= 0.6 is 0 Å². The Morgan fingerprint density at radius 2 is 2.46 bits per heavy atom. The third-order valence-corrected chi connectivity index (χ3v) is 1.39. The molecule has 0 spiro atoms. The second kappa shape index (κ2) is 4.61. The maximum atomic E-state index is 11.2. The first-order valence-electron chi connectivity index (χ1n) is 4.11. The summed E-state index contributed by atoms with van der Waals surface area (Å²) in [5.74, 6) is -0.100. The van der Waals surface area contributed by atoms with E-state index in [1.54, 1.807) is 0 Å². The molecule has 1 aromatic heterocycles. The Morgan fingerprint density at radius 3 is 3.00 bits per heavy atom. The Bertz CT molecular complexity index is 256. The zero-order valence-corrected chi connectivity index (χ0v) is 7.70. The maximum Gasteiger partial charge on any atom is 0.238 e. The molecule has 0 atom stereocenters. The Hall–Kier alpha value is -1.36. The van der Waals surface area contributed by atoms with Crippen LogP contribution in [-0.4, -0.2) is 23.7 Å². The second-order valence-corrected chi connectivity index (χ2v) is 3.00. The van der Waals surface area contributed by atoms with Crippen LogP contribution in [0.5, 0.6) is 0 Å². The Morgan fingerprint density at radius 1 is 1.69 bits per heavy atom. The monoisotopic (exact) mass is 183 g/mol. The van der Waals surface area contributed by atoms with Crippen LogP contribution in [0.3, 0.4) is 0 Å². The zero-order valence-electron chi connectivity index (χ0n) is 7.70. The molecule has 0 unspecified atom stereocenters. The van der Waals surface area contributed by atoms with E-state index in [1.165, 1.54) is 12.5 Å². The quantitative estimate of drug-likeness (QED) is 0.717. The molecule has 0 aliphatic rings. The molecule has 1 aromatic rings. The third-order valence-electron chi connectivity index (χ3n) is 1.39. The molecule has 0 aliphatic carbocycles. The minimum Gasteiger partial charge on any atom is -0.363 e. The number of anilines is 1. The molecule has 0 saturated carbocycles. The molecule has 72 valence electrons. The molecule has 1 rings (SSSR count). The van der Waals surface area contributed by atoms with Crippen LogP contribution in [0.25, 0.3) is 0 Å². The lowest BCUT2D eigenvalue weighted by Crippen LogP contribution is -2.32. The van der Waals surface area contributed by atoms with E-state index in [9.17, 15) is 4.79 Å². The van der Waals surface area contributed by atoms with E-state index in [4.69, 9.17) is 0 Å². The van der Waals surface area contributed by atoms with Crippen molar-refractivity contribution in [2.45, 2.75) is 19.9 Å². The van der Waals surface area contributed by atoms with Gasteiger partial charge in [0.25, 0.3) is 0 Å². The van der Waals surface area contributed by atoms with Crippen LogP contribution < -0.4 is 10.6 Å². The van der Waals surface area contributed by atoms with E-state index < -0.39 is 0 Å². The molecular formula is C8H13N3O2. The maximum absolute atomic E-state index is 11.2. The van der Waals surface area contributed by atoms with Gasteiger partial charge in [0.05, 0.1) is 12.7 Å². The van der Waals surface area contributed by atoms with Crippen LogP contribution in [0.2, 0.25) is 0 Å². The van der Waals surface area contributed by atoms with Crippen molar-refractivity contribution in [1.29, 1.82) is 0 Å². The molecule has 0 bridgehead atoms. The Kier molecular flexibility index (Phi) is 3.45. The van der Waals surface area contributed by atoms with E-state index in [0.29, 0.717) is 18.3 Å². The van der Waals surface area contributed by atoms with Gasteiger partial charge in [-0.3, -0.25) is 4.79 Å². The van der Waals surface area contributed by atoms with Crippen molar-refractivity contribution >= 4 is 11.6 Å². The normalized spacial score (nSPS) is 10.4. The summed E-state index contributed by atoms with van der Waals surface area (Å²) in [5.41, 5.74) is 0.579. The van der Waals surface area contributed by atoms with E-state index >= 15 is 0 Å². The summed E-state index contributed by atoms with van der Waals surface area (Å²) in [5, 5.41) is 9.07. The van der Waals surface area contributed by atoms with Crippen molar-refractivity contribution in [3.05, 3.63) is 12.5 Å². The number of aromatic nitrogens is 1. The lowest BCUT2D eigenvalue weighted by Gasteiger charge is -2.06. The fraction of sp³-hybridized carbons (Fsp3) is 0.500. The number of amides is 1. The number of nitrogens with one attached hydrogen (secondary N) is 2. The molecule has 13 heavy (non-hydrogen) atoms. The predicted octanol–water partition coefficient (Wildman–Crippen LogP) is 0.611. The van der Waals surface area contributed by atoms with Crippen LogP contribution in [0.4, 0.5) is 5.69 Å². The topological polar surface area (TPSA) is 67.2 Å². The van der Waals surface area contributed by atoms with Crippen molar-refractivity contribution in [3.8, 4) is 0 Å².